The number of ether oxygens (including phenoxy) is 2. The van der Waals surface area contributed by atoms with Crippen LogP contribution in [0.3, 0.4) is 0 Å². The van der Waals surface area contributed by atoms with Crippen LogP contribution in [0.25, 0.3) is 11.3 Å². The van der Waals surface area contributed by atoms with Crippen LogP contribution in [-0.2, 0) is 0 Å². The molecule has 0 saturated heterocycles. The van der Waals surface area contributed by atoms with E-state index in [4.69, 9.17) is 14.0 Å². The summed E-state index contributed by atoms with van der Waals surface area (Å²) in [7, 11) is 0. The molecular weight excluding hydrogens is 218 g/mol. The Morgan fingerprint density at radius 2 is 1.94 bits per heavy atom. The minimum Gasteiger partial charge on any atom is -0.454 e. The summed E-state index contributed by atoms with van der Waals surface area (Å²) in [5.41, 5.74) is 1.91. The van der Waals surface area contributed by atoms with Crippen LogP contribution in [-0.4, -0.2) is 11.9 Å². The molecule has 88 valence electrons. The fourth-order valence-corrected chi connectivity index (χ4v) is 1.75. The first kappa shape index (κ1) is 10.2. The van der Waals surface area contributed by atoms with E-state index in [-0.39, 0.29) is 6.79 Å². The Morgan fingerprint density at radius 1 is 1.12 bits per heavy atom. The van der Waals surface area contributed by atoms with Crippen molar-refractivity contribution in [2.75, 3.05) is 6.79 Å². The van der Waals surface area contributed by atoms with Crippen LogP contribution in [0.5, 0.6) is 11.5 Å². The number of hydrogen-bond acceptors (Lipinski definition) is 4. The molecule has 0 bridgehead atoms. The van der Waals surface area contributed by atoms with Crippen molar-refractivity contribution in [3.8, 4) is 22.8 Å². The van der Waals surface area contributed by atoms with Crippen molar-refractivity contribution >= 4 is 0 Å². The SMILES string of the molecule is CC(C)c1cc(-c2ccc3c(c2)OCO3)on1. The Bertz CT molecular complexity index is 545. The Hall–Kier alpha value is -1.97. The van der Waals surface area contributed by atoms with Gasteiger partial charge in [-0.25, -0.2) is 0 Å². The van der Waals surface area contributed by atoms with Gasteiger partial charge in [-0.3, -0.25) is 0 Å². The lowest BCUT2D eigenvalue weighted by molar-refractivity contribution is 0.174. The summed E-state index contributed by atoms with van der Waals surface area (Å²) in [6, 6.07) is 7.70. The third kappa shape index (κ3) is 1.75. The first-order valence-corrected chi connectivity index (χ1v) is 5.60. The minimum atomic E-state index is 0.284. The van der Waals surface area contributed by atoms with E-state index in [0.717, 1.165) is 28.5 Å². The predicted octanol–water partition coefficient (Wildman–Crippen LogP) is 3.19. The van der Waals surface area contributed by atoms with Crippen molar-refractivity contribution in [1.82, 2.24) is 5.16 Å². The number of aromatic nitrogens is 1. The summed E-state index contributed by atoms with van der Waals surface area (Å²) in [6.45, 7) is 4.45. The quantitative estimate of drug-likeness (QED) is 0.796. The van der Waals surface area contributed by atoms with Crippen molar-refractivity contribution < 1.29 is 14.0 Å². The number of fused-ring (bicyclic) bond motifs is 1. The van der Waals surface area contributed by atoms with E-state index in [1.165, 1.54) is 0 Å². The van der Waals surface area contributed by atoms with Gasteiger partial charge in [0.1, 0.15) is 0 Å². The van der Waals surface area contributed by atoms with Crippen molar-refractivity contribution in [2.45, 2.75) is 19.8 Å². The highest BCUT2D eigenvalue weighted by atomic mass is 16.7. The summed E-state index contributed by atoms with van der Waals surface area (Å²) in [6.07, 6.45) is 0. The molecule has 3 rings (SSSR count). The lowest BCUT2D eigenvalue weighted by Crippen LogP contribution is -1.92. The highest BCUT2D eigenvalue weighted by Crippen LogP contribution is 2.36. The van der Waals surface area contributed by atoms with Gasteiger partial charge in [-0.2, -0.15) is 0 Å². The monoisotopic (exact) mass is 231 g/mol. The van der Waals surface area contributed by atoms with E-state index in [1.807, 2.05) is 24.3 Å². The fraction of sp³-hybridized carbons (Fsp3) is 0.308. The molecule has 2 heterocycles. The molecule has 0 fully saturated rings. The Morgan fingerprint density at radius 3 is 2.71 bits per heavy atom. The van der Waals surface area contributed by atoms with E-state index in [1.54, 1.807) is 0 Å². The minimum absolute atomic E-state index is 0.284. The van der Waals surface area contributed by atoms with Gasteiger partial charge in [-0.05, 0) is 24.1 Å². The number of hydrogen-bond donors (Lipinski definition) is 0. The normalized spacial score (nSPS) is 13.4. The van der Waals surface area contributed by atoms with Gasteiger partial charge < -0.3 is 14.0 Å². The van der Waals surface area contributed by atoms with E-state index < -0.39 is 0 Å². The molecule has 1 aromatic heterocycles. The largest absolute Gasteiger partial charge is 0.454 e. The molecule has 1 aromatic carbocycles. The van der Waals surface area contributed by atoms with Gasteiger partial charge in [0.15, 0.2) is 17.3 Å². The van der Waals surface area contributed by atoms with Gasteiger partial charge in [-0.15, -0.1) is 0 Å². The molecule has 0 saturated carbocycles. The summed E-state index contributed by atoms with van der Waals surface area (Å²) in [5.74, 6) is 2.65. The van der Waals surface area contributed by atoms with Crippen LogP contribution in [0.4, 0.5) is 0 Å². The van der Waals surface area contributed by atoms with Gasteiger partial charge >= 0.3 is 0 Å². The molecule has 17 heavy (non-hydrogen) atoms. The highest BCUT2D eigenvalue weighted by molar-refractivity contribution is 5.63. The van der Waals surface area contributed by atoms with E-state index in [2.05, 4.69) is 19.0 Å². The topological polar surface area (TPSA) is 44.5 Å². The van der Waals surface area contributed by atoms with Gasteiger partial charge in [-0.1, -0.05) is 19.0 Å². The summed E-state index contributed by atoms with van der Waals surface area (Å²) in [5, 5.41) is 4.04. The molecule has 0 radical (unpaired) electrons. The predicted molar refractivity (Wildman–Crippen MR) is 62.2 cm³/mol. The number of nitrogens with zero attached hydrogens (tertiary/aromatic N) is 1. The number of benzene rings is 1. The molecule has 0 amide bonds. The van der Waals surface area contributed by atoms with Crippen LogP contribution in [0.2, 0.25) is 0 Å². The second-order valence-corrected chi connectivity index (χ2v) is 4.34. The average molecular weight is 231 g/mol. The lowest BCUT2D eigenvalue weighted by Gasteiger charge is -1.98. The van der Waals surface area contributed by atoms with Crippen LogP contribution >= 0.6 is 0 Å². The van der Waals surface area contributed by atoms with E-state index in [9.17, 15) is 0 Å². The van der Waals surface area contributed by atoms with Crippen molar-refractivity contribution in [3.63, 3.8) is 0 Å². The molecule has 0 unspecified atom stereocenters. The van der Waals surface area contributed by atoms with E-state index >= 15 is 0 Å². The maximum Gasteiger partial charge on any atom is 0.231 e. The average Bonchev–Trinajstić information content (AvgIpc) is 2.97. The standard InChI is InChI=1S/C13H13NO3/c1-8(2)10-6-12(17-14-10)9-3-4-11-13(5-9)16-7-15-11/h3-6,8H,7H2,1-2H3. The zero-order chi connectivity index (χ0) is 11.8. The molecule has 0 atom stereocenters. The van der Waals surface area contributed by atoms with Gasteiger partial charge in [0, 0.05) is 11.6 Å². The second-order valence-electron chi connectivity index (χ2n) is 4.34. The first-order chi connectivity index (χ1) is 8.24. The second kappa shape index (κ2) is 3.80. The van der Waals surface area contributed by atoms with Gasteiger partial charge in [0.05, 0.1) is 5.69 Å². The molecule has 0 aliphatic carbocycles. The van der Waals surface area contributed by atoms with Crippen LogP contribution in [0.1, 0.15) is 25.5 Å². The Kier molecular flexibility index (Phi) is 2.28. The zero-order valence-corrected chi connectivity index (χ0v) is 9.77. The number of rotatable bonds is 2. The maximum atomic E-state index is 5.33. The van der Waals surface area contributed by atoms with Crippen molar-refractivity contribution in [1.29, 1.82) is 0 Å². The molecule has 4 heteroatoms. The molecule has 2 aromatic rings. The molecule has 1 aliphatic heterocycles. The molecule has 1 aliphatic rings. The lowest BCUT2D eigenvalue weighted by atomic mass is 10.1. The smallest absolute Gasteiger partial charge is 0.231 e. The maximum absolute atomic E-state index is 5.33. The molecular formula is C13H13NO3. The Balaban J connectivity index is 1.97. The van der Waals surface area contributed by atoms with Gasteiger partial charge in [0.25, 0.3) is 0 Å². The van der Waals surface area contributed by atoms with Crippen molar-refractivity contribution in [3.05, 3.63) is 30.0 Å². The zero-order valence-electron chi connectivity index (χ0n) is 9.77. The summed E-state index contributed by atoms with van der Waals surface area (Å²) in [4.78, 5) is 0. The Labute approximate surface area is 99.1 Å². The van der Waals surface area contributed by atoms with Crippen molar-refractivity contribution in [2.24, 2.45) is 0 Å². The van der Waals surface area contributed by atoms with Gasteiger partial charge in [0.2, 0.25) is 6.79 Å². The molecule has 4 nitrogen and oxygen atoms in total. The van der Waals surface area contributed by atoms with Crippen LogP contribution < -0.4 is 9.47 Å². The van der Waals surface area contributed by atoms with E-state index in [0.29, 0.717) is 5.92 Å². The van der Waals surface area contributed by atoms with Crippen LogP contribution in [0, 0.1) is 0 Å². The summed E-state index contributed by atoms with van der Waals surface area (Å²) >= 11 is 0. The third-order valence-corrected chi connectivity index (χ3v) is 2.78. The third-order valence-electron chi connectivity index (χ3n) is 2.78. The highest BCUT2D eigenvalue weighted by Gasteiger charge is 2.16. The summed E-state index contributed by atoms with van der Waals surface area (Å²) < 4.78 is 15.9. The molecule has 0 N–H and O–H groups in total. The van der Waals surface area contributed by atoms with Crippen LogP contribution in [0.15, 0.2) is 28.8 Å². The fourth-order valence-electron chi connectivity index (χ4n) is 1.75. The first-order valence-electron chi connectivity index (χ1n) is 5.60. The molecule has 0 spiro atoms.